The summed E-state index contributed by atoms with van der Waals surface area (Å²) in [4.78, 5) is 4.49. The van der Waals surface area contributed by atoms with E-state index in [1.807, 2.05) is 0 Å². The second-order valence-corrected chi connectivity index (χ2v) is 4.72. The average Bonchev–Trinajstić information content (AvgIpc) is 2.20. The molecule has 0 N–H and O–H groups in total. The Morgan fingerprint density at radius 2 is 2.20 bits per heavy atom. The summed E-state index contributed by atoms with van der Waals surface area (Å²) in [6, 6.07) is 0. The maximum Gasteiger partial charge on any atom is 0.251 e. The van der Waals surface area contributed by atoms with Gasteiger partial charge in [0.15, 0.2) is 0 Å². The fraction of sp³-hybridized carbons (Fsp3) is 0.750. The summed E-state index contributed by atoms with van der Waals surface area (Å²) in [6.07, 6.45) is 4.20. The van der Waals surface area contributed by atoms with E-state index >= 15 is 0 Å². The molecule has 1 aliphatic carbocycles. The molecule has 0 aromatic heterocycles. The number of aliphatic imine (C=N–C) groups is 1. The number of allylic oxidation sites excluding steroid dienone is 2. The highest BCUT2D eigenvalue weighted by molar-refractivity contribution is 6.00. The number of alkyl halides is 2. The summed E-state index contributed by atoms with van der Waals surface area (Å²) in [7, 11) is 0. The average molecular weight is 213 g/mol. The number of hydrogen-bond acceptors (Lipinski definition) is 1. The lowest BCUT2D eigenvalue weighted by molar-refractivity contribution is -0.00796. The molecular weight excluding hydrogens is 196 g/mol. The van der Waals surface area contributed by atoms with Crippen molar-refractivity contribution in [3.05, 3.63) is 11.6 Å². The van der Waals surface area contributed by atoms with Gasteiger partial charge in [-0.3, -0.25) is 4.99 Å². The van der Waals surface area contributed by atoms with E-state index in [4.69, 9.17) is 0 Å². The molecule has 15 heavy (non-hydrogen) atoms. The minimum Gasteiger partial charge on any atom is -0.289 e. The van der Waals surface area contributed by atoms with Crippen LogP contribution in [0.15, 0.2) is 16.6 Å². The normalized spacial score (nSPS) is 30.7. The van der Waals surface area contributed by atoms with E-state index in [-0.39, 0.29) is 12.8 Å². The van der Waals surface area contributed by atoms with Crippen molar-refractivity contribution < 1.29 is 8.78 Å². The second kappa shape index (κ2) is 4.03. The predicted octanol–water partition coefficient (Wildman–Crippen LogP) is 3.60. The molecule has 0 radical (unpaired) electrons. The van der Waals surface area contributed by atoms with Crippen LogP contribution in [0, 0.1) is 5.92 Å². The van der Waals surface area contributed by atoms with Gasteiger partial charge in [0.25, 0.3) is 5.92 Å². The van der Waals surface area contributed by atoms with Gasteiger partial charge in [-0.2, -0.15) is 0 Å². The van der Waals surface area contributed by atoms with Crippen LogP contribution in [0.2, 0.25) is 0 Å². The highest BCUT2D eigenvalue weighted by Crippen LogP contribution is 2.34. The van der Waals surface area contributed by atoms with Gasteiger partial charge >= 0.3 is 0 Å². The first kappa shape index (κ1) is 10.8. The zero-order valence-corrected chi connectivity index (χ0v) is 9.10. The molecule has 1 atom stereocenters. The van der Waals surface area contributed by atoms with Crippen LogP contribution < -0.4 is 0 Å². The Bertz CT molecular complexity index is 305. The Labute approximate surface area is 89.3 Å². The smallest absolute Gasteiger partial charge is 0.251 e. The van der Waals surface area contributed by atoms with E-state index in [9.17, 15) is 8.78 Å². The summed E-state index contributed by atoms with van der Waals surface area (Å²) >= 11 is 0. The maximum absolute atomic E-state index is 12.9. The van der Waals surface area contributed by atoms with Crippen LogP contribution in [0.3, 0.4) is 0 Å². The second-order valence-electron chi connectivity index (χ2n) is 4.72. The molecular formula is C12H17F2N. The maximum atomic E-state index is 12.9. The number of hydrogen-bond donors (Lipinski definition) is 0. The molecule has 2 aliphatic rings. The molecule has 2 rings (SSSR count). The summed E-state index contributed by atoms with van der Waals surface area (Å²) in [6.45, 7) is 3.05. The van der Waals surface area contributed by atoms with Gasteiger partial charge in [-0.25, -0.2) is 8.78 Å². The molecule has 0 aromatic carbocycles. The lowest BCUT2D eigenvalue weighted by atomic mass is 9.88. The summed E-state index contributed by atoms with van der Waals surface area (Å²) in [5.41, 5.74) is 2.16. The first-order chi connectivity index (χ1) is 7.07. The summed E-state index contributed by atoms with van der Waals surface area (Å²) < 4.78 is 25.8. The minimum atomic E-state index is -2.48. The molecule has 0 saturated heterocycles. The molecule has 0 aromatic rings. The highest BCUT2D eigenvalue weighted by Gasteiger charge is 2.32. The van der Waals surface area contributed by atoms with Crippen LogP contribution in [-0.4, -0.2) is 18.2 Å². The SMILES string of the molecule is CC1CCC(C2=CCC(F)(F)CC2)=NC1. The monoisotopic (exact) mass is 213 g/mol. The fourth-order valence-corrected chi connectivity index (χ4v) is 2.14. The Morgan fingerprint density at radius 3 is 2.73 bits per heavy atom. The van der Waals surface area contributed by atoms with E-state index in [1.54, 1.807) is 6.08 Å². The van der Waals surface area contributed by atoms with Gasteiger partial charge in [-0.1, -0.05) is 13.0 Å². The number of rotatable bonds is 1. The van der Waals surface area contributed by atoms with E-state index in [2.05, 4.69) is 11.9 Å². The van der Waals surface area contributed by atoms with Crippen molar-refractivity contribution in [3.8, 4) is 0 Å². The molecule has 1 nitrogen and oxygen atoms in total. The van der Waals surface area contributed by atoms with E-state index in [1.165, 1.54) is 0 Å². The van der Waals surface area contributed by atoms with Gasteiger partial charge in [-0.05, 0) is 30.8 Å². The zero-order valence-electron chi connectivity index (χ0n) is 9.10. The van der Waals surface area contributed by atoms with Crippen molar-refractivity contribution in [3.63, 3.8) is 0 Å². The molecule has 1 aliphatic heterocycles. The minimum absolute atomic E-state index is 0.00654. The molecule has 1 heterocycles. The van der Waals surface area contributed by atoms with Crippen LogP contribution >= 0.6 is 0 Å². The first-order valence-corrected chi connectivity index (χ1v) is 5.67. The van der Waals surface area contributed by atoms with Crippen LogP contribution in [0.5, 0.6) is 0 Å². The van der Waals surface area contributed by atoms with Crippen molar-refractivity contribution in [1.82, 2.24) is 0 Å². The van der Waals surface area contributed by atoms with E-state index in [0.717, 1.165) is 30.7 Å². The molecule has 1 unspecified atom stereocenters. The van der Waals surface area contributed by atoms with Crippen LogP contribution in [0.25, 0.3) is 0 Å². The van der Waals surface area contributed by atoms with Crippen molar-refractivity contribution in [2.75, 3.05) is 6.54 Å². The molecule has 3 heteroatoms. The van der Waals surface area contributed by atoms with Crippen molar-refractivity contribution in [1.29, 1.82) is 0 Å². The van der Waals surface area contributed by atoms with Gasteiger partial charge in [0.05, 0.1) is 0 Å². The van der Waals surface area contributed by atoms with Crippen LogP contribution in [0.1, 0.15) is 39.0 Å². The highest BCUT2D eigenvalue weighted by atomic mass is 19.3. The fourth-order valence-electron chi connectivity index (χ4n) is 2.14. The Kier molecular flexibility index (Phi) is 2.89. The van der Waals surface area contributed by atoms with Gasteiger partial charge in [0, 0.05) is 25.1 Å². The lowest BCUT2D eigenvalue weighted by Crippen LogP contribution is -2.23. The Balaban J connectivity index is 2.04. The van der Waals surface area contributed by atoms with E-state index in [0.29, 0.717) is 12.3 Å². The molecule has 0 saturated carbocycles. The van der Waals surface area contributed by atoms with Gasteiger partial charge in [-0.15, -0.1) is 0 Å². The third-order valence-electron chi connectivity index (χ3n) is 3.25. The van der Waals surface area contributed by atoms with Crippen LogP contribution in [-0.2, 0) is 0 Å². The predicted molar refractivity (Wildman–Crippen MR) is 57.6 cm³/mol. The first-order valence-electron chi connectivity index (χ1n) is 5.67. The van der Waals surface area contributed by atoms with Crippen molar-refractivity contribution in [2.24, 2.45) is 10.9 Å². The Hall–Kier alpha value is -0.730. The van der Waals surface area contributed by atoms with Gasteiger partial charge in [0.1, 0.15) is 0 Å². The van der Waals surface area contributed by atoms with Gasteiger partial charge in [0.2, 0.25) is 0 Å². The summed E-state index contributed by atoms with van der Waals surface area (Å²) in [5, 5.41) is 0. The molecule has 0 fully saturated rings. The number of nitrogens with zero attached hydrogens (tertiary/aromatic N) is 1. The molecule has 0 amide bonds. The van der Waals surface area contributed by atoms with E-state index < -0.39 is 5.92 Å². The molecule has 0 bridgehead atoms. The number of halogens is 2. The Morgan fingerprint density at radius 1 is 1.40 bits per heavy atom. The lowest BCUT2D eigenvalue weighted by Gasteiger charge is -2.25. The molecule has 0 spiro atoms. The third-order valence-corrected chi connectivity index (χ3v) is 3.25. The van der Waals surface area contributed by atoms with Crippen LogP contribution in [0.4, 0.5) is 8.78 Å². The van der Waals surface area contributed by atoms with Crippen molar-refractivity contribution in [2.45, 2.75) is 45.0 Å². The quantitative estimate of drug-likeness (QED) is 0.631. The largest absolute Gasteiger partial charge is 0.289 e. The topological polar surface area (TPSA) is 12.4 Å². The van der Waals surface area contributed by atoms with Gasteiger partial charge < -0.3 is 0 Å². The summed E-state index contributed by atoms with van der Waals surface area (Å²) in [5.74, 6) is -1.83. The third kappa shape index (κ3) is 2.64. The van der Waals surface area contributed by atoms with Crippen molar-refractivity contribution >= 4 is 5.71 Å². The zero-order chi connectivity index (χ0) is 10.9. The standard InChI is InChI=1S/C12H17F2N/c1-9-2-3-11(15-8-9)10-4-6-12(13,14)7-5-10/h4,9H,2-3,5-8H2,1H3. The molecule has 84 valence electrons.